The average Bonchev–Trinajstić information content (AvgIpc) is 2.57. The van der Waals surface area contributed by atoms with E-state index in [1.54, 1.807) is 24.3 Å². The van der Waals surface area contributed by atoms with Gasteiger partial charge in [-0.05, 0) is 36.4 Å². The third kappa shape index (κ3) is 3.92. The summed E-state index contributed by atoms with van der Waals surface area (Å²) in [5.41, 5.74) is 1.03. The first kappa shape index (κ1) is 16.8. The van der Waals surface area contributed by atoms with E-state index >= 15 is 0 Å². The van der Waals surface area contributed by atoms with Gasteiger partial charge in [-0.15, -0.1) is 0 Å². The number of Topliss-reactive ketones (excluding diaryl/α,β-unsaturated/α-hetero) is 1. The highest BCUT2D eigenvalue weighted by atomic mass is 32.2. The summed E-state index contributed by atoms with van der Waals surface area (Å²) in [6, 6.07) is 12.9. The Balaban J connectivity index is 1.83. The molecule has 0 fully saturated rings. The van der Waals surface area contributed by atoms with E-state index in [1.807, 2.05) is 0 Å². The van der Waals surface area contributed by atoms with Crippen LogP contribution in [0.2, 0.25) is 0 Å². The molecule has 0 spiro atoms. The van der Waals surface area contributed by atoms with Gasteiger partial charge in [0.05, 0.1) is 30.0 Å². The zero-order valence-corrected chi connectivity index (χ0v) is 14.2. The fourth-order valence-electron chi connectivity index (χ4n) is 2.40. The minimum atomic E-state index is -3.37. The van der Waals surface area contributed by atoms with Gasteiger partial charge in [0, 0.05) is 11.3 Å². The third-order valence-corrected chi connectivity index (χ3v) is 4.16. The van der Waals surface area contributed by atoms with Crippen molar-refractivity contribution >= 4 is 32.4 Å². The van der Waals surface area contributed by atoms with E-state index in [0.29, 0.717) is 22.2 Å². The van der Waals surface area contributed by atoms with Crippen molar-refractivity contribution in [3.8, 4) is 0 Å². The van der Waals surface area contributed by atoms with Crippen molar-refractivity contribution in [2.75, 3.05) is 11.0 Å². The van der Waals surface area contributed by atoms with Crippen LogP contribution >= 0.6 is 0 Å². The van der Waals surface area contributed by atoms with Crippen LogP contribution in [0.4, 0.5) is 5.69 Å². The van der Waals surface area contributed by atoms with E-state index in [4.69, 9.17) is 0 Å². The highest BCUT2D eigenvalue weighted by Gasteiger charge is 2.11. The van der Waals surface area contributed by atoms with Gasteiger partial charge in [0.1, 0.15) is 0 Å². The van der Waals surface area contributed by atoms with Crippen molar-refractivity contribution in [3.63, 3.8) is 0 Å². The monoisotopic (exact) mass is 357 g/mol. The molecule has 0 aliphatic heterocycles. The number of rotatable bonds is 5. The fourth-order valence-corrected chi connectivity index (χ4v) is 2.97. The molecule has 2 aromatic carbocycles. The summed E-state index contributed by atoms with van der Waals surface area (Å²) in [6.45, 7) is -0.143. The Hall–Kier alpha value is -3.00. The normalized spacial score (nSPS) is 11.4. The first-order chi connectivity index (χ1) is 11.8. The highest BCUT2D eigenvalue weighted by Crippen LogP contribution is 2.12. The maximum Gasteiger partial charge on any atom is 0.261 e. The number of anilines is 1. The van der Waals surface area contributed by atoms with Crippen LogP contribution in [0.5, 0.6) is 0 Å². The molecule has 1 heterocycles. The summed E-state index contributed by atoms with van der Waals surface area (Å²) in [7, 11) is -3.37. The van der Waals surface area contributed by atoms with Crippen molar-refractivity contribution in [1.82, 2.24) is 9.55 Å². The number of carbonyl (C=O) groups excluding carboxylic acids is 1. The first-order valence-electron chi connectivity index (χ1n) is 7.39. The summed E-state index contributed by atoms with van der Waals surface area (Å²) in [6.07, 6.45) is 2.40. The number of nitrogens with zero attached hydrogens (tertiary/aromatic N) is 2. The summed E-state index contributed by atoms with van der Waals surface area (Å²) < 4.78 is 25.9. The lowest BCUT2D eigenvalue weighted by atomic mass is 10.1. The molecule has 0 bridgehead atoms. The zero-order valence-electron chi connectivity index (χ0n) is 13.3. The quantitative estimate of drug-likeness (QED) is 0.700. The van der Waals surface area contributed by atoms with Crippen LogP contribution in [0.25, 0.3) is 10.9 Å². The molecule has 0 saturated carbocycles. The van der Waals surface area contributed by atoms with E-state index in [-0.39, 0.29) is 17.9 Å². The van der Waals surface area contributed by atoms with Crippen LogP contribution in [0, 0.1) is 0 Å². The summed E-state index contributed by atoms with van der Waals surface area (Å²) in [5, 5.41) is 0.450. The number of fused-ring (bicyclic) bond motifs is 1. The second kappa shape index (κ2) is 6.48. The lowest BCUT2D eigenvalue weighted by molar-refractivity contribution is 0.0970. The fraction of sp³-hybridized carbons (Fsp3) is 0.118. The molecule has 3 rings (SSSR count). The number of nitrogens with one attached hydrogen (secondary N) is 1. The van der Waals surface area contributed by atoms with Crippen LogP contribution in [-0.4, -0.2) is 30.0 Å². The molecule has 0 radical (unpaired) electrons. The third-order valence-electron chi connectivity index (χ3n) is 3.56. The van der Waals surface area contributed by atoms with Gasteiger partial charge in [0.15, 0.2) is 5.78 Å². The number of aromatic nitrogens is 2. The topological polar surface area (TPSA) is 98.1 Å². The van der Waals surface area contributed by atoms with E-state index < -0.39 is 10.0 Å². The smallest absolute Gasteiger partial charge is 0.261 e. The molecule has 3 aromatic rings. The van der Waals surface area contributed by atoms with Crippen molar-refractivity contribution < 1.29 is 13.2 Å². The molecule has 0 aliphatic carbocycles. The van der Waals surface area contributed by atoms with E-state index in [0.717, 1.165) is 6.26 Å². The Bertz CT molecular complexity index is 1100. The van der Waals surface area contributed by atoms with Crippen molar-refractivity contribution in [1.29, 1.82) is 0 Å². The SMILES string of the molecule is CS(=O)(=O)Nc1ccc(C(=O)Cn2cnc3ccccc3c2=O)cc1. The van der Waals surface area contributed by atoms with Crippen molar-refractivity contribution in [3.05, 3.63) is 70.8 Å². The van der Waals surface area contributed by atoms with E-state index in [1.165, 1.54) is 35.2 Å². The Morgan fingerprint density at radius 2 is 1.80 bits per heavy atom. The molecular formula is C17H15N3O4S. The van der Waals surface area contributed by atoms with Crippen LogP contribution in [0.15, 0.2) is 59.7 Å². The van der Waals surface area contributed by atoms with Gasteiger partial charge >= 0.3 is 0 Å². The highest BCUT2D eigenvalue weighted by molar-refractivity contribution is 7.92. The zero-order chi connectivity index (χ0) is 18.0. The standard InChI is InChI=1S/C17H15N3O4S/c1-25(23,24)19-13-8-6-12(7-9-13)16(21)10-20-11-18-15-5-3-2-4-14(15)17(20)22/h2-9,11,19H,10H2,1H3. The lowest BCUT2D eigenvalue weighted by Crippen LogP contribution is -2.24. The van der Waals surface area contributed by atoms with Crippen LogP contribution in [-0.2, 0) is 16.6 Å². The average molecular weight is 357 g/mol. The van der Waals surface area contributed by atoms with E-state index in [9.17, 15) is 18.0 Å². The number of hydrogen-bond acceptors (Lipinski definition) is 5. The summed E-state index contributed by atoms with van der Waals surface area (Å²) in [4.78, 5) is 29.0. The number of sulfonamides is 1. The lowest BCUT2D eigenvalue weighted by Gasteiger charge is -2.07. The molecule has 8 heteroatoms. The predicted octanol–water partition coefficient (Wildman–Crippen LogP) is 1.65. The Labute approximate surface area is 144 Å². The molecule has 0 unspecified atom stereocenters. The molecule has 128 valence electrons. The van der Waals surface area contributed by atoms with Gasteiger partial charge in [0.25, 0.3) is 5.56 Å². The number of carbonyl (C=O) groups is 1. The maximum absolute atomic E-state index is 12.4. The molecule has 25 heavy (non-hydrogen) atoms. The van der Waals surface area contributed by atoms with Gasteiger partial charge < -0.3 is 0 Å². The van der Waals surface area contributed by atoms with Crippen LogP contribution < -0.4 is 10.3 Å². The minimum Gasteiger partial charge on any atom is -0.292 e. The molecule has 0 saturated heterocycles. The molecular weight excluding hydrogens is 342 g/mol. The van der Waals surface area contributed by atoms with Crippen molar-refractivity contribution in [2.24, 2.45) is 0 Å². The second-order valence-corrected chi connectivity index (χ2v) is 7.32. The number of para-hydroxylation sites is 1. The van der Waals surface area contributed by atoms with Gasteiger partial charge in [-0.25, -0.2) is 13.4 Å². The maximum atomic E-state index is 12.4. The van der Waals surface area contributed by atoms with Crippen LogP contribution in [0.1, 0.15) is 10.4 Å². The molecule has 0 amide bonds. The second-order valence-electron chi connectivity index (χ2n) is 5.57. The van der Waals surface area contributed by atoms with Crippen molar-refractivity contribution in [2.45, 2.75) is 6.54 Å². The minimum absolute atomic E-state index is 0.143. The summed E-state index contributed by atoms with van der Waals surface area (Å²) in [5.74, 6) is -0.273. The summed E-state index contributed by atoms with van der Waals surface area (Å²) >= 11 is 0. The molecule has 1 N–H and O–H groups in total. The molecule has 1 aromatic heterocycles. The Kier molecular flexibility index (Phi) is 4.37. The number of hydrogen-bond donors (Lipinski definition) is 1. The molecule has 0 atom stereocenters. The Morgan fingerprint density at radius 3 is 2.48 bits per heavy atom. The van der Waals surface area contributed by atoms with Gasteiger partial charge in [-0.2, -0.15) is 0 Å². The van der Waals surface area contributed by atoms with Gasteiger partial charge in [-0.1, -0.05) is 12.1 Å². The van der Waals surface area contributed by atoms with Gasteiger partial charge in [-0.3, -0.25) is 18.9 Å². The predicted molar refractivity (Wildman–Crippen MR) is 95.2 cm³/mol. The number of benzene rings is 2. The number of ketones is 1. The Morgan fingerprint density at radius 1 is 1.12 bits per heavy atom. The van der Waals surface area contributed by atoms with Crippen LogP contribution in [0.3, 0.4) is 0 Å². The van der Waals surface area contributed by atoms with E-state index in [2.05, 4.69) is 9.71 Å². The first-order valence-corrected chi connectivity index (χ1v) is 9.28. The molecule has 7 nitrogen and oxygen atoms in total. The molecule has 0 aliphatic rings. The largest absolute Gasteiger partial charge is 0.292 e. The van der Waals surface area contributed by atoms with Gasteiger partial charge in [0.2, 0.25) is 10.0 Å².